The van der Waals surface area contributed by atoms with E-state index in [4.69, 9.17) is 9.97 Å². The number of unbranched alkanes of at least 4 members (excludes halogenated alkanes) is 10. The monoisotopic (exact) mass is 492 g/mol. The zero-order valence-corrected chi connectivity index (χ0v) is 22.2. The maximum absolute atomic E-state index is 4.84. The second kappa shape index (κ2) is 12.7. The highest BCUT2D eigenvalue weighted by Crippen LogP contribution is 2.21. The number of nitrogens with zero attached hydrogens (tertiary/aromatic N) is 2. The number of hydrogen-bond donors (Lipinski definition) is 2. The molecule has 192 valence electrons. The Hall–Kier alpha value is -3.40. The lowest BCUT2D eigenvalue weighted by Crippen LogP contribution is -1.86. The van der Waals surface area contributed by atoms with Gasteiger partial charge in [-0.15, -0.1) is 0 Å². The summed E-state index contributed by atoms with van der Waals surface area (Å²) in [5.41, 5.74) is 9.59. The first-order chi connectivity index (χ1) is 18.2. The number of fused-ring (bicyclic) bond motifs is 8. The zero-order chi connectivity index (χ0) is 25.3. The molecule has 2 N–H and O–H groups in total. The zero-order valence-electron chi connectivity index (χ0n) is 22.2. The van der Waals surface area contributed by atoms with Gasteiger partial charge in [0.15, 0.2) is 0 Å². The summed E-state index contributed by atoms with van der Waals surface area (Å²) >= 11 is 0. The first kappa shape index (κ1) is 25.3. The first-order valence-corrected chi connectivity index (χ1v) is 14.3. The highest BCUT2D eigenvalue weighted by molar-refractivity contribution is 5.78. The summed E-state index contributed by atoms with van der Waals surface area (Å²) in [6, 6.07) is 15.0. The van der Waals surface area contributed by atoms with Gasteiger partial charge in [0.1, 0.15) is 0 Å². The molecule has 0 radical (unpaired) electrons. The van der Waals surface area contributed by atoms with E-state index < -0.39 is 0 Å². The van der Waals surface area contributed by atoms with Gasteiger partial charge in [-0.3, -0.25) is 0 Å². The van der Waals surface area contributed by atoms with Gasteiger partial charge in [0.05, 0.1) is 22.8 Å². The average molecular weight is 493 g/mol. The highest BCUT2D eigenvalue weighted by atomic mass is 14.8. The summed E-state index contributed by atoms with van der Waals surface area (Å²) in [5, 5.41) is 0. The van der Waals surface area contributed by atoms with E-state index in [1.54, 1.807) is 0 Å². The number of aryl methyl sites for hydroxylation is 1. The van der Waals surface area contributed by atoms with Gasteiger partial charge in [0.2, 0.25) is 0 Å². The summed E-state index contributed by atoms with van der Waals surface area (Å²) in [6.45, 7) is 2.29. The standard InChI is InChI=1S/C33H40N4/c1-2-3-4-5-6-7-8-9-10-11-12-13-25-20-32-23-30-17-16-28(35-30)21-26-14-15-27(34-26)22-29-18-19-31(36-29)24-33(25)37-32/h14-24,34,37H,2-13H2,1H3. The summed E-state index contributed by atoms with van der Waals surface area (Å²) in [4.78, 5) is 16.7. The number of hydrogen-bond acceptors (Lipinski definition) is 2. The molecule has 5 rings (SSSR count). The van der Waals surface area contributed by atoms with Crippen LogP contribution in [-0.4, -0.2) is 19.9 Å². The Labute approximate surface area is 221 Å². The van der Waals surface area contributed by atoms with Crippen molar-refractivity contribution in [3.05, 3.63) is 70.8 Å². The molecular weight excluding hydrogens is 452 g/mol. The highest BCUT2D eigenvalue weighted by Gasteiger charge is 2.06. The molecule has 4 nitrogen and oxygen atoms in total. The van der Waals surface area contributed by atoms with Gasteiger partial charge < -0.3 is 9.97 Å². The van der Waals surface area contributed by atoms with Gasteiger partial charge in [-0.2, -0.15) is 0 Å². The van der Waals surface area contributed by atoms with Crippen molar-refractivity contribution in [1.82, 2.24) is 19.9 Å². The minimum atomic E-state index is 0.958. The molecule has 37 heavy (non-hydrogen) atoms. The van der Waals surface area contributed by atoms with Crippen LogP contribution >= 0.6 is 0 Å². The van der Waals surface area contributed by atoms with E-state index in [0.29, 0.717) is 0 Å². The Morgan fingerprint density at radius 3 is 1.57 bits per heavy atom. The van der Waals surface area contributed by atoms with Gasteiger partial charge >= 0.3 is 0 Å². The molecule has 5 heterocycles. The van der Waals surface area contributed by atoms with Crippen LogP contribution in [0.1, 0.15) is 106 Å². The predicted octanol–water partition coefficient (Wildman–Crippen LogP) is 9.51. The molecule has 0 aromatic carbocycles. The molecule has 2 aliphatic heterocycles. The third-order valence-corrected chi connectivity index (χ3v) is 7.30. The van der Waals surface area contributed by atoms with Crippen LogP contribution in [0, 0.1) is 0 Å². The number of aromatic nitrogens is 4. The Balaban J connectivity index is 1.30. The summed E-state index contributed by atoms with van der Waals surface area (Å²) in [7, 11) is 0. The van der Waals surface area contributed by atoms with Crippen molar-refractivity contribution in [2.24, 2.45) is 0 Å². The molecule has 0 amide bonds. The fraction of sp³-hybridized carbons (Fsp3) is 0.394. The third kappa shape index (κ3) is 7.31. The van der Waals surface area contributed by atoms with Crippen molar-refractivity contribution in [3.63, 3.8) is 0 Å². The van der Waals surface area contributed by atoms with Gasteiger partial charge in [0.25, 0.3) is 0 Å². The molecule has 0 aliphatic carbocycles. The lowest BCUT2D eigenvalue weighted by atomic mass is 10.0. The van der Waals surface area contributed by atoms with Crippen LogP contribution in [0.4, 0.5) is 0 Å². The van der Waals surface area contributed by atoms with E-state index in [1.807, 2.05) is 0 Å². The van der Waals surface area contributed by atoms with Crippen LogP contribution in [0.25, 0.3) is 46.4 Å². The fourth-order valence-electron chi connectivity index (χ4n) is 5.26. The minimum absolute atomic E-state index is 0.958. The van der Waals surface area contributed by atoms with Gasteiger partial charge in [0, 0.05) is 22.1 Å². The van der Waals surface area contributed by atoms with E-state index >= 15 is 0 Å². The van der Waals surface area contributed by atoms with Crippen LogP contribution in [0.3, 0.4) is 0 Å². The van der Waals surface area contributed by atoms with E-state index in [2.05, 4.69) is 83.7 Å². The van der Waals surface area contributed by atoms with Gasteiger partial charge in [-0.05, 0) is 85.2 Å². The fourth-order valence-corrected chi connectivity index (χ4v) is 5.26. The number of aromatic amines is 2. The Kier molecular flexibility index (Phi) is 8.68. The summed E-state index contributed by atoms with van der Waals surface area (Å²) in [5.74, 6) is 0. The molecule has 0 saturated heterocycles. The third-order valence-electron chi connectivity index (χ3n) is 7.30. The summed E-state index contributed by atoms with van der Waals surface area (Å²) in [6.07, 6.45) is 24.5. The van der Waals surface area contributed by atoms with Crippen molar-refractivity contribution in [2.45, 2.75) is 84.0 Å². The predicted molar refractivity (Wildman–Crippen MR) is 159 cm³/mol. The lowest BCUT2D eigenvalue weighted by molar-refractivity contribution is 0.550. The van der Waals surface area contributed by atoms with Crippen molar-refractivity contribution in [3.8, 4) is 0 Å². The smallest absolute Gasteiger partial charge is 0.0658 e. The summed E-state index contributed by atoms with van der Waals surface area (Å²) < 4.78 is 0. The molecular formula is C33H40N4. The van der Waals surface area contributed by atoms with E-state index in [-0.39, 0.29) is 0 Å². The molecule has 0 fully saturated rings. The Morgan fingerprint density at radius 2 is 1.00 bits per heavy atom. The Morgan fingerprint density at radius 1 is 0.514 bits per heavy atom. The largest absolute Gasteiger partial charge is 0.355 e. The van der Waals surface area contributed by atoms with E-state index in [9.17, 15) is 0 Å². The first-order valence-electron chi connectivity index (χ1n) is 14.3. The second-order valence-corrected chi connectivity index (χ2v) is 10.5. The second-order valence-electron chi connectivity index (χ2n) is 10.5. The number of nitrogens with one attached hydrogen (secondary N) is 2. The quantitative estimate of drug-likeness (QED) is 0.170. The maximum atomic E-state index is 4.84. The SMILES string of the molecule is CCCCCCCCCCCCCc1cc2cc3nc(cc4ccc(cc5nc(cc1[nH]2)C=C5)[nH]4)C=C3. The van der Waals surface area contributed by atoms with Crippen LogP contribution in [0.5, 0.6) is 0 Å². The van der Waals surface area contributed by atoms with Crippen molar-refractivity contribution in [1.29, 1.82) is 0 Å². The minimum Gasteiger partial charge on any atom is -0.355 e. The molecule has 0 atom stereocenters. The van der Waals surface area contributed by atoms with Gasteiger partial charge in [-0.1, -0.05) is 71.1 Å². The van der Waals surface area contributed by atoms with Crippen LogP contribution in [-0.2, 0) is 6.42 Å². The molecule has 3 aromatic heterocycles. The van der Waals surface area contributed by atoms with E-state index in [0.717, 1.165) is 51.3 Å². The maximum Gasteiger partial charge on any atom is 0.0658 e. The molecule has 0 saturated carbocycles. The van der Waals surface area contributed by atoms with Crippen molar-refractivity contribution < 1.29 is 0 Å². The molecule has 8 bridgehead atoms. The molecule has 3 aromatic rings. The van der Waals surface area contributed by atoms with Crippen LogP contribution in [0.2, 0.25) is 0 Å². The van der Waals surface area contributed by atoms with Gasteiger partial charge in [-0.25, -0.2) is 9.97 Å². The normalized spacial score (nSPS) is 12.5. The number of H-pyrrole nitrogens is 2. The van der Waals surface area contributed by atoms with Crippen molar-refractivity contribution in [2.75, 3.05) is 0 Å². The van der Waals surface area contributed by atoms with Crippen LogP contribution in [0.15, 0.2) is 42.5 Å². The lowest BCUT2D eigenvalue weighted by Gasteiger charge is -2.02. The molecule has 4 heteroatoms. The Bertz CT molecular complexity index is 1400. The average Bonchev–Trinajstić information content (AvgIpc) is 3.68. The van der Waals surface area contributed by atoms with E-state index in [1.165, 1.54) is 76.2 Å². The number of rotatable bonds is 12. The van der Waals surface area contributed by atoms with Crippen LogP contribution < -0.4 is 0 Å². The topological polar surface area (TPSA) is 57.4 Å². The molecule has 2 aliphatic rings. The molecule has 0 spiro atoms. The molecule has 0 unspecified atom stereocenters. The van der Waals surface area contributed by atoms with Crippen molar-refractivity contribution >= 4 is 46.4 Å².